The standard InChI is InChI=1S/C48H31N3/c1-3-15-32(16-4-1)45-49-46(33-17-5-2-6-18-33)51-47(50-45)34-25-28-42-40(29-34)37-21-11-12-22-41(37)48(42)43-35-19-9-7-13-30(35)23-26-38(43)39-27-24-31-14-8-10-20-36(31)44(39)48/h1-10,12-20,22-29H,11,21H2. The van der Waals surface area contributed by atoms with Gasteiger partial charge in [0.25, 0.3) is 0 Å². The van der Waals surface area contributed by atoms with Crippen LogP contribution in [0.25, 0.3) is 72.4 Å². The first-order chi connectivity index (χ1) is 25.3. The summed E-state index contributed by atoms with van der Waals surface area (Å²) in [5.74, 6) is 2.03. The minimum absolute atomic E-state index is 0.448. The molecule has 0 unspecified atom stereocenters. The molecule has 3 nitrogen and oxygen atoms in total. The highest BCUT2D eigenvalue weighted by atomic mass is 15.0. The first-order valence-corrected chi connectivity index (χ1v) is 17.8. The Bertz CT molecular complexity index is 2650. The third kappa shape index (κ3) is 3.97. The number of aromatic nitrogens is 3. The molecule has 7 aromatic carbocycles. The molecule has 0 atom stereocenters. The van der Waals surface area contributed by atoms with Crippen LogP contribution in [0.5, 0.6) is 0 Å². The van der Waals surface area contributed by atoms with Crippen molar-refractivity contribution in [1.29, 1.82) is 0 Å². The number of benzene rings is 7. The summed E-state index contributed by atoms with van der Waals surface area (Å²) in [4.78, 5) is 15.2. The monoisotopic (exact) mass is 649 g/mol. The van der Waals surface area contributed by atoms with Crippen molar-refractivity contribution < 1.29 is 0 Å². The van der Waals surface area contributed by atoms with Crippen LogP contribution in [0.1, 0.15) is 35.1 Å². The van der Waals surface area contributed by atoms with Gasteiger partial charge in [-0.1, -0.05) is 158 Å². The van der Waals surface area contributed by atoms with E-state index in [0.717, 1.165) is 29.5 Å². The van der Waals surface area contributed by atoms with Gasteiger partial charge in [0.15, 0.2) is 17.5 Å². The average Bonchev–Trinajstić information content (AvgIpc) is 3.68. The lowest BCUT2D eigenvalue weighted by Crippen LogP contribution is -2.27. The Balaban J connectivity index is 1.21. The van der Waals surface area contributed by atoms with Crippen LogP contribution in [0.15, 0.2) is 169 Å². The summed E-state index contributed by atoms with van der Waals surface area (Å²) in [5.41, 5.74) is 13.4. The highest BCUT2D eigenvalue weighted by Gasteiger charge is 2.54. The molecule has 8 aromatic rings. The van der Waals surface area contributed by atoms with Crippen LogP contribution in [-0.2, 0) is 5.41 Å². The Morgan fingerprint density at radius 2 is 0.980 bits per heavy atom. The molecule has 1 spiro atoms. The second-order valence-corrected chi connectivity index (χ2v) is 13.8. The minimum Gasteiger partial charge on any atom is -0.208 e. The predicted molar refractivity (Wildman–Crippen MR) is 208 cm³/mol. The summed E-state index contributed by atoms with van der Waals surface area (Å²) >= 11 is 0. The minimum atomic E-state index is -0.448. The van der Waals surface area contributed by atoms with Crippen molar-refractivity contribution in [1.82, 2.24) is 15.0 Å². The van der Waals surface area contributed by atoms with Crippen LogP contribution in [0.3, 0.4) is 0 Å². The van der Waals surface area contributed by atoms with E-state index in [1.54, 1.807) is 0 Å². The third-order valence-corrected chi connectivity index (χ3v) is 11.2. The van der Waals surface area contributed by atoms with E-state index in [1.165, 1.54) is 66.1 Å². The van der Waals surface area contributed by atoms with Gasteiger partial charge in [0.2, 0.25) is 0 Å². The van der Waals surface area contributed by atoms with E-state index in [4.69, 9.17) is 15.0 Å². The molecule has 0 saturated heterocycles. The molecule has 3 heteroatoms. The Hall–Kier alpha value is -6.45. The van der Waals surface area contributed by atoms with Gasteiger partial charge in [-0.3, -0.25) is 0 Å². The van der Waals surface area contributed by atoms with Crippen LogP contribution in [-0.4, -0.2) is 15.0 Å². The highest BCUT2D eigenvalue weighted by molar-refractivity contribution is 6.09. The van der Waals surface area contributed by atoms with Gasteiger partial charge < -0.3 is 0 Å². The van der Waals surface area contributed by atoms with Gasteiger partial charge in [0.1, 0.15) is 0 Å². The lowest BCUT2D eigenvalue weighted by molar-refractivity contribution is 0.795. The van der Waals surface area contributed by atoms with E-state index in [9.17, 15) is 0 Å². The summed E-state index contributed by atoms with van der Waals surface area (Å²) in [5, 5.41) is 5.17. The molecule has 3 aliphatic carbocycles. The first-order valence-electron chi connectivity index (χ1n) is 17.8. The smallest absolute Gasteiger partial charge is 0.164 e. The summed E-state index contributed by atoms with van der Waals surface area (Å²) in [7, 11) is 0. The van der Waals surface area contributed by atoms with Crippen molar-refractivity contribution in [2.45, 2.75) is 18.3 Å². The first kappa shape index (κ1) is 28.4. The molecule has 1 aromatic heterocycles. The maximum absolute atomic E-state index is 5.12. The second-order valence-electron chi connectivity index (χ2n) is 13.8. The molecule has 238 valence electrons. The van der Waals surface area contributed by atoms with Crippen molar-refractivity contribution in [3.8, 4) is 45.3 Å². The van der Waals surface area contributed by atoms with Gasteiger partial charge in [0, 0.05) is 16.7 Å². The molecule has 0 radical (unpaired) electrons. The van der Waals surface area contributed by atoms with Crippen LogP contribution in [0, 0.1) is 0 Å². The molecule has 0 saturated carbocycles. The molecule has 11 rings (SSSR count). The van der Waals surface area contributed by atoms with Crippen molar-refractivity contribution in [2.75, 3.05) is 0 Å². The highest BCUT2D eigenvalue weighted by Crippen LogP contribution is 2.66. The zero-order valence-corrected chi connectivity index (χ0v) is 27.8. The SMILES string of the molecule is C1=CC2=C(CC1)c1cc(-c3nc(-c4ccccc4)nc(-c4ccccc4)n3)ccc1C21c2c(ccc3ccccc23)-c2ccc3ccccc3c21. The average molecular weight is 650 g/mol. The number of fused-ring (bicyclic) bond motifs is 13. The molecule has 0 fully saturated rings. The molecule has 51 heavy (non-hydrogen) atoms. The largest absolute Gasteiger partial charge is 0.208 e. The fraction of sp³-hybridized carbons (Fsp3) is 0.0625. The van der Waals surface area contributed by atoms with Gasteiger partial charge in [-0.05, 0) is 85.0 Å². The summed E-state index contributed by atoms with van der Waals surface area (Å²) < 4.78 is 0. The summed E-state index contributed by atoms with van der Waals surface area (Å²) in [6.07, 6.45) is 6.83. The number of hydrogen-bond donors (Lipinski definition) is 0. The van der Waals surface area contributed by atoms with Gasteiger partial charge in [-0.2, -0.15) is 0 Å². The summed E-state index contributed by atoms with van der Waals surface area (Å²) in [6.45, 7) is 0. The maximum Gasteiger partial charge on any atom is 0.164 e. The molecular weight excluding hydrogens is 619 g/mol. The van der Waals surface area contributed by atoms with Gasteiger partial charge in [-0.25, -0.2) is 15.0 Å². The quantitative estimate of drug-likeness (QED) is 0.191. The van der Waals surface area contributed by atoms with Crippen LogP contribution >= 0.6 is 0 Å². The van der Waals surface area contributed by atoms with Crippen LogP contribution < -0.4 is 0 Å². The number of rotatable bonds is 3. The molecule has 0 bridgehead atoms. The lowest BCUT2D eigenvalue weighted by atomic mass is 9.67. The third-order valence-electron chi connectivity index (χ3n) is 11.2. The number of nitrogens with zero attached hydrogens (tertiary/aromatic N) is 3. The van der Waals surface area contributed by atoms with E-state index in [-0.39, 0.29) is 0 Å². The Morgan fingerprint density at radius 1 is 0.451 bits per heavy atom. The Morgan fingerprint density at radius 3 is 1.57 bits per heavy atom. The second kappa shape index (κ2) is 10.8. The molecule has 1 heterocycles. The molecule has 0 amide bonds. The lowest BCUT2D eigenvalue weighted by Gasteiger charge is -2.34. The predicted octanol–water partition coefficient (Wildman–Crippen LogP) is 11.6. The fourth-order valence-corrected chi connectivity index (χ4v) is 9.10. The molecule has 0 aliphatic heterocycles. The maximum atomic E-state index is 5.12. The zero-order valence-electron chi connectivity index (χ0n) is 27.8. The van der Waals surface area contributed by atoms with E-state index >= 15 is 0 Å². The van der Waals surface area contributed by atoms with E-state index in [0.29, 0.717) is 17.5 Å². The van der Waals surface area contributed by atoms with Crippen molar-refractivity contribution >= 4 is 27.1 Å². The normalized spacial score (nSPS) is 14.9. The Kier molecular flexibility index (Phi) is 6.00. The van der Waals surface area contributed by atoms with Crippen LogP contribution in [0.2, 0.25) is 0 Å². The van der Waals surface area contributed by atoms with E-state index < -0.39 is 5.41 Å². The van der Waals surface area contributed by atoms with Crippen molar-refractivity contribution in [3.63, 3.8) is 0 Å². The van der Waals surface area contributed by atoms with Gasteiger partial charge >= 0.3 is 0 Å². The molecular formula is C48H31N3. The Labute approximate surface area is 296 Å². The number of hydrogen-bond acceptors (Lipinski definition) is 3. The number of allylic oxidation sites excluding steroid dienone is 4. The van der Waals surface area contributed by atoms with E-state index in [2.05, 4.69) is 127 Å². The van der Waals surface area contributed by atoms with Crippen molar-refractivity contribution in [3.05, 3.63) is 192 Å². The topological polar surface area (TPSA) is 38.7 Å². The zero-order chi connectivity index (χ0) is 33.5. The molecule has 0 N–H and O–H groups in total. The molecule has 3 aliphatic rings. The van der Waals surface area contributed by atoms with Gasteiger partial charge in [-0.15, -0.1) is 0 Å². The fourth-order valence-electron chi connectivity index (χ4n) is 9.10. The van der Waals surface area contributed by atoms with Crippen LogP contribution in [0.4, 0.5) is 0 Å². The van der Waals surface area contributed by atoms with Crippen molar-refractivity contribution in [2.24, 2.45) is 0 Å². The summed E-state index contributed by atoms with van der Waals surface area (Å²) in [6, 6.07) is 54.6. The van der Waals surface area contributed by atoms with E-state index in [1.807, 2.05) is 36.4 Å². The van der Waals surface area contributed by atoms with Gasteiger partial charge in [0.05, 0.1) is 5.41 Å².